The first-order valence-corrected chi connectivity index (χ1v) is 8.80. The maximum absolute atomic E-state index is 12.7. The minimum Gasteiger partial charge on any atom is -0.391 e. The Morgan fingerprint density at radius 2 is 1.65 bits per heavy atom. The van der Waals surface area contributed by atoms with E-state index in [1.165, 1.54) is 0 Å². The molecule has 2 rings (SSSR count). The van der Waals surface area contributed by atoms with E-state index in [-0.39, 0.29) is 23.5 Å². The topological polar surface area (TPSA) is 56.2 Å². The lowest BCUT2D eigenvalue weighted by Crippen LogP contribution is -2.56. The van der Waals surface area contributed by atoms with Crippen molar-refractivity contribution in [3.05, 3.63) is 0 Å². The summed E-state index contributed by atoms with van der Waals surface area (Å²) in [6.07, 6.45) is -0.336. The van der Waals surface area contributed by atoms with E-state index in [9.17, 15) is 9.90 Å². The second-order valence-electron chi connectivity index (χ2n) is 7.83. The third-order valence-electron chi connectivity index (χ3n) is 5.07. The molecule has 0 aromatic carbocycles. The fourth-order valence-electron chi connectivity index (χ4n) is 3.05. The fourth-order valence-corrected chi connectivity index (χ4v) is 3.05. The molecular weight excluding hydrogens is 294 g/mol. The van der Waals surface area contributed by atoms with E-state index in [1.54, 1.807) is 0 Å². The van der Waals surface area contributed by atoms with Gasteiger partial charge in [0.1, 0.15) is 0 Å². The number of rotatable bonds is 4. The first kappa shape index (κ1) is 18.6. The molecule has 2 aliphatic rings. The van der Waals surface area contributed by atoms with Gasteiger partial charge in [-0.1, -0.05) is 20.8 Å². The van der Waals surface area contributed by atoms with Gasteiger partial charge in [0.2, 0.25) is 5.91 Å². The van der Waals surface area contributed by atoms with Crippen LogP contribution in [0.25, 0.3) is 0 Å². The van der Waals surface area contributed by atoms with E-state index in [4.69, 9.17) is 4.74 Å². The van der Waals surface area contributed by atoms with Gasteiger partial charge in [-0.2, -0.15) is 0 Å². The third kappa shape index (κ3) is 5.14. The molecule has 134 valence electrons. The normalized spacial score (nSPS) is 24.5. The summed E-state index contributed by atoms with van der Waals surface area (Å²) >= 11 is 0. The van der Waals surface area contributed by atoms with E-state index in [1.807, 2.05) is 11.8 Å². The summed E-state index contributed by atoms with van der Waals surface area (Å²) in [6, 6.07) is -0.0642. The Morgan fingerprint density at radius 3 is 2.17 bits per heavy atom. The van der Waals surface area contributed by atoms with E-state index in [0.717, 1.165) is 52.5 Å². The summed E-state index contributed by atoms with van der Waals surface area (Å²) < 4.78 is 5.36. The van der Waals surface area contributed by atoms with E-state index < -0.39 is 0 Å². The van der Waals surface area contributed by atoms with Crippen molar-refractivity contribution >= 4 is 5.91 Å². The molecule has 2 heterocycles. The van der Waals surface area contributed by atoms with Crippen LogP contribution in [0.3, 0.4) is 0 Å². The number of piperazine rings is 1. The van der Waals surface area contributed by atoms with Crippen molar-refractivity contribution in [2.45, 2.75) is 39.8 Å². The summed E-state index contributed by atoms with van der Waals surface area (Å²) in [5.41, 5.74) is -0.0994. The maximum Gasteiger partial charge on any atom is 0.239 e. The molecule has 2 fully saturated rings. The summed E-state index contributed by atoms with van der Waals surface area (Å²) in [7, 11) is 0. The van der Waals surface area contributed by atoms with Crippen LogP contribution in [-0.2, 0) is 9.53 Å². The molecule has 6 nitrogen and oxygen atoms in total. The lowest BCUT2D eigenvalue weighted by atomic mass is 9.89. The number of hydrogen-bond acceptors (Lipinski definition) is 5. The zero-order valence-corrected chi connectivity index (χ0v) is 15.1. The van der Waals surface area contributed by atoms with Gasteiger partial charge in [-0.15, -0.1) is 0 Å². The van der Waals surface area contributed by atoms with Crippen LogP contribution in [0, 0.1) is 5.41 Å². The van der Waals surface area contributed by atoms with Crippen LogP contribution < -0.4 is 0 Å². The molecule has 0 unspecified atom stereocenters. The van der Waals surface area contributed by atoms with Crippen molar-refractivity contribution in [3.8, 4) is 0 Å². The van der Waals surface area contributed by atoms with Crippen LogP contribution in [0.4, 0.5) is 0 Å². The number of carbonyl (C=O) groups excluding carboxylic acids is 1. The maximum atomic E-state index is 12.7. The average Bonchev–Trinajstić information content (AvgIpc) is 2.54. The van der Waals surface area contributed by atoms with Crippen molar-refractivity contribution in [1.82, 2.24) is 14.7 Å². The molecule has 0 bridgehead atoms. The van der Waals surface area contributed by atoms with Gasteiger partial charge in [0, 0.05) is 45.8 Å². The Balaban J connectivity index is 1.78. The lowest BCUT2D eigenvalue weighted by molar-refractivity contribution is -0.140. The number of amides is 1. The molecule has 0 aliphatic carbocycles. The summed E-state index contributed by atoms with van der Waals surface area (Å²) in [6.45, 7) is 15.2. The Labute approximate surface area is 140 Å². The smallest absolute Gasteiger partial charge is 0.239 e. The molecule has 0 aromatic rings. The Bertz CT molecular complexity index is 383. The summed E-state index contributed by atoms with van der Waals surface area (Å²) in [5.74, 6) is 0.225. The second-order valence-corrected chi connectivity index (χ2v) is 7.83. The molecule has 2 saturated heterocycles. The number of ether oxygens (including phenoxy) is 1. The van der Waals surface area contributed by atoms with Crippen LogP contribution in [0.15, 0.2) is 0 Å². The molecule has 2 aliphatic heterocycles. The number of aliphatic hydroxyl groups excluding tert-OH is 1. The molecule has 0 radical (unpaired) electrons. The molecule has 0 saturated carbocycles. The minimum absolute atomic E-state index is 0.0642. The number of nitrogens with zero attached hydrogens (tertiary/aromatic N) is 3. The number of morpholine rings is 1. The van der Waals surface area contributed by atoms with Gasteiger partial charge in [0.25, 0.3) is 0 Å². The van der Waals surface area contributed by atoms with Gasteiger partial charge in [-0.25, -0.2) is 0 Å². The molecule has 2 atom stereocenters. The minimum atomic E-state index is -0.336. The molecule has 0 spiro atoms. The number of hydrogen-bond donors (Lipinski definition) is 1. The van der Waals surface area contributed by atoms with Gasteiger partial charge >= 0.3 is 0 Å². The highest BCUT2D eigenvalue weighted by atomic mass is 16.5. The Morgan fingerprint density at radius 1 is 1.09 bits per heavy atom. The van der Waals surface area contributed by atoms with Crippen molar-refractivity contribution < 1.29 is 14.6 Å². The Hall–Kier alpha value is -0.690. The molecule has 6 heteroatoms. The van der Waals surface area contributed by atoms with Crippen molar-refractivity contribution in [1.29, 1.82) is 0 Å². The summed E-state index contributed by atoms with van der Waals surface area (Å²) in [4.78, 5) is 19.1. The van der Waals surface area contributed by atoms with Gasteiger partial charge in [-0.05, 0) is 12.3 Å². The van der Waals surface area contributed by atoms with Crippen LogP contribution in [-0.4, -0.2) is 96.9 Å². The van der Waals surface area contributed by atoms with Crippen molar-refractivity contribution in [3.63, 3.8) is 0 Å². The van der Waals surface area contributed by atoms with E-state index in [0.29, 0.717) is 6.54 Å². The van der Waals surface area contributed by atoms with Crippen molar-refractivity contribution in [2.75, 3.05) is 59.0 Å². The van der Waals surface area contributed by atoms with Gasteiger partial charge < -0.3 is 14.7 Å². The molecular formula is C17H33N3O3. The predicted octanol–water partition coefficient (Wildman–Crippen LogP) is 0.258. The van der Waals surface area contributed by atoms with Gasteiger partial charge in [0.05, 0.1) is 25.4 Å². The molecule has 1 N–H and O–H groups in total. The monoisotopic (exact) mass is 327 g/mol. The van der Waals surface area contributed by atoms with Crippen LogP contribution in [0.5, 0.6) is 0 Å². The Kier molecular flexibility index (Phi) is 6.42. The lowest BCUT2D eigenvalue weighted by Gasteiger charge is -2.40. The largest absolute Gasteiger partial charge is 0.391 e. The predicted molar refractivity (Wildman–Crippen MR) is 90.3 cm³/mol. The highest BCUT2D eigenvalue weighted by molar-refractivity contribution is 5.81. The number of β-amino-alcohol motifs (C(OH)–C–C–N with tert-alkyl or cyclic N) is 1. The average molecular weight is 327 g/mol. The fraction of sp³-hybridized carbons (Fsp3) is 0.941. The highest BCUT2D eigenvalue weighted by Gasteiger charge is 2.31. The number of carbonyl (C=O) groups is 1. The quantitative estimate of drug-likeness (QED) is 0.803. The van der Waals surface area contributed by atoms with E-state index in [2.05, 4.69) is 30.6 Å². The van der Waals surface area contributed by atoms with Crippen LogP contribution >= 0.6 is 0 Å². The molecule has 23 heavy (non-hydrogen) atoms. The van der Waals surface area contributed by atoms with Gasteiger partial charge in [-0.3, -0.25) is 14.6 Å². The zero-order chi connectivity index (χ0) is 17.0. The van der Waals surface area contributed by atoms with E-state index >= 15 is 0 Å². The molecule has 0 aromatic heterocycles. The standard InChI is InChI=1S/C17H33N3O3/c1-14(19-9-11-23-12-10-19)16(22)20-7-5-18(6-8-20)13-15(21)17(2,3)4/h14-15,21H,5-13H2,1-4H3/t14-,15+/m0/s1. The zero-order valence-electron chi connectivity index (χ0n) is 15.1. The number of aliphatic hydroxyl groups is 1. The third-order valence-corrected chi connectivity index (χ3v) is 5.07. The van der Waals surface area contributed by atoms with Crippen LogP contribution in [0.1, 0.15) is 27.7 Å². The van der Waals surface area contributed by atoms with Gasteiger partial charge in [0.15, 0.2) is 0 Å². The van der Waals surface area contributed by atoms with Crippen molar-refractivity contribution in [2.24, 2.45) is 5.41 Å². The molecule has 1 amide bonds. The van der Waals surface area contributed by atoms with Crippen LogP contribution in [0.2, 0.25) is 0 Å². The summed E-state index contributed by atoms with van der Waals surface area (Å²) in [5, 5.41) is 10.2. The SMILES string of the molecule is C[C@@H](C(=O)N1CCN(C[C@@H](O)C(C)(C)C)CC1)N1CCOCC1. The first-order valence-electron chi connectivity index (χ1n) is 8.80. The highest BCUT2D eigenvalue weighted by Crippen LogP contribution is 2.20. The first-order chi connectivity index (χ1) is 10.8. The second kappa shape index (κ2) is 7.92.